The molecule has 0 spiro atoms. The van der Waals surface area contributed by atoms with Crippen molar-refractivity contribution in [1.82, 2.24) is 9.88 Å². The lowest BCUT2D eigenvalue weighted by atomic mass is 10.0. The summed E-state index contributed by atoms with van der Waals surface area (Å²) in [6, 6.07) is 10.8. The van der Waals surface area contributed by atoms with Gasteiger partial charge in [0.05, 0.1) is 0 Å². The molecule has 1 unspecified atom stereocenters. The highest BCUT2D eigenvalue weighted by molar-refractivity contribution is 5.99. The van der Waals surface area contributed by atoms with Gasteiger partial charge in [0.25, 0.3) is 5.91 Å². The number of nitrogens with zero attached hydrogens (tertiary/aromatic N) is 1. The molecule has 1 amide bonds. The van der Waals surface area contributed by atoms with Crippen LogP contribution in [0.3, 0.4) is 0 Å². The molecule has 0 aliphatic carbocycles. The van der Waals surface area contributed by atoms with E-state index in [1.807, 2.05) is 30.3 Å². The van der Waals surface area contributed by atoms with Gasteiger partial charge in [0.15, 0.2) is 5.78 Å². The van der Waals surface area contributed by atoms with Gasteiger partial charge in [-0.25, -0.2) is 0 Å². The van der Waals surface area contributed by atoms with Crippen LogP contribution in [0.5, 0.6) is 0 Å². The van der Waals surface area contributed by atoms with E-state index in [1.165, 1.54) is 6.92 Å². The second-order valence-electron chi connectivity index (χ2n) is 6.07. The maximum atomic E-state index is 12.6. The van der Waals surface area contributed by atoms with Crippen LogP contribution in [0.2, 0.25) is 0 Å². The summed E-state index contributed by atoms with van der Waals surface area (Å²) in [4.78, 5) is 34.9. The van der Waals surface area contributed by atoms with Gasteiger partial charge in [-0.05, 0) is 31.4 Å². The Bertz CT molecular complexity index is 765. The number of carboxylic acid groups (broad SMARTS) is 1. The highest BCUT2D eigenvalue weighted by Crippen LogP contribution is 2.12. The molecule has 2 aromatic rings. The van der Waals surface area contributed by atoms with E-state index in [1.54, 1.807) is 23.9 Å². The molecular formula is C19H22N2O4. The number of aryl methyl sites for hydroxylation is 1. The number of rotatable bonds is 8. The van der Waals surface area contributed by atoms with E-state index in [0.29, 0.717) is 24.1 Å². The molecule has 0 bridgehead atoms. The van der Waals surface area contributed by atoms with Gasteiger partial charge in [0.2, 0.25) is 0 Å². The Morgan fingerprint density at radius 2 is 1.88 bits per heavy atom. The first-order valence-electron chi connectivity index (χ1n) is 8.10. The van der Waals surface area contributed by atoms with Crippen LogP contribution in [-0.4, -0.2) is 33.4 Å². The zero-order chi connectivity index (χ0) is 18.4. The van der Waals surface area contributed by atoms with Crippen LogP contribution in [0.15, 0.2) is 42.6 Å². The molecule has 2 N–H and O–H groups in total. The van der Waals surface area contributed by atoms with Crippen LogP contribution in [0.1, 0.15) is 46.2 Å². The monoisotopic (exact) mass is 342 g/mol. The van der Waals surface area contributed by atoms with E-state index in [4.69, 9.17) is 5.11 Å². The van der Waals surface area contributed by atoms with Crippen molar-refractivity contribution in [2.24, 2.45) is 7.05 Å². The molecule has 0 saturated heterocycles. The molecule has 1 aromatic heterocycles. The minimum absolute atomic E-state index is 0.0242. The largest absolute Gasteiger partial charge is 0.481 e. The van der Waals surface area contributed by atoms with Crippen LogP contribution >= 0.6 is 0 Å². The van der Waals surface area contributed by atoms with Crippen molar-refractivity contribution in [3.63, 3.8) is 0 Å². The van der Waals surface area contributed by atoms with Gasteiger partial charge in [-0.15, -0.1) is 0 Å². The van der Waals surface area contributed by atoms with Gasteiger partial charge in [0, 0.05) is 31.3 Å². The zero-order valence-corrected chi connectivity index (χ0v) is 14.4. The molecule has 1 atom stereocenters. The number of hydrogen-bond donors (Lipinski definition) is 2. The first-order chi connectivity index (χ1) is 11.9. The van der Waals surface area contributed by atoms with Gasteiger partial charge in [-0.1, -0.05) is 30.3 Å². The summed E-state index contributed by atoms with van der Waals surface area (Å²) in [6.07, 6.45) is 2.47. The Kier molecular flexibility index (Phi) is 6.11. The van der Waals surface area contributed by atoms with E-state index in [9.17, 15) is 14.4 Å². The number of amides is 1. The number of hydrogen-bond acceptors (Lipinski definition) is 3. The van der Waals surface area contributed by atoms with Crippen molar-refractivity contribution in [3.05, 3.63) is 59.4 Å². The molecule has 1 aromatic carbocycles. The van der Waals surface area contributed by atoms with E-state index in [-0.39, 0.29) is 24.2 Å². The lowest BCUT2D eigenvalue weighted by Gasteiger charge is -2.18. The van der Waals surface area contributed by atoms with Crippen LogP contribution in [0.4, 0.5) is 0 Å². The fourth-order valence-corrected chi connectivity index (χ4v) is 2.66. The highest BCUT2D eigenvalue weighted by atomic mass is 16.4. The van der Waals surface area contributed by atoms with Crippen LogP contribution in [0.25, 0.3) is 0 Å². The Hall–Kier alpha value is -2.89. The number of carbonyl (C=O) groups excluding carboxylic acids is 2. The Morgan fingerprint density at radius 3 is 2.44 bits per heavy atom. The Morgan fingerprint density at radius 1 is 1.20 bits per heavy atom. The van der Waals surface area contributed by atoms with Gasteiger partial charge in [-0.3, -0.25) is 14.4 Å². The molecule has 6 nitrogen and oxygen atoms in total. The molecule has 0 aliphatic heterocycles. The number of Topliss-reactive ketones (excluding diaryl/α,β-unsaturated/α-hetero) is 1. The van der Waals surface area contributed by atoms with E-state index in [0.717, 1.165) is 5.56 Å². The maximum Gasteiger partial charge on any atom is 0.303 e. The molecule has 132 valence electrons. The maximum absolute atomic E-state index is 12.6. The van der Waals surface area contributed by atoms with Crippen LogP contribution < -0.4 is 5.32 Å². The van der Waals surface area contributed by atoms with Crippen molar-refractivity contribution in [2.45, 2.75) is 32.2 Å². The van der Waals surface area contributed by atoms with Crippen molar-refractivity contribution in [1.29, 1.82) is 0 Å². The molecule has 0 radical (unpaired) electrons. The van der Waals surface area contributed by atoms with Gasteiger partial charge in [0.1, 0.15) is 5.69 Å². The van der Waals surface area contributed by atoms with Gasteiger partial charge < -0.3 is 15.0 Å². The van der Waals surface area contributed by atoms with E-state index in [2.05, 4.69) is 5.32 Å². The lowest BCUT2D eigenvalue weighted by Crippen LogP contribution is -2.37. The van der Waals surface area contributed by atoms with E-state index >= 15 is 0 Å². The number of nitrogens with one attached hydrogen (secondary N) is 1. The number of carbonyl (C=O) groups is 3. The second-order valence-corrected chi connectivity index (χ2v) is 6.07. The number of benzene rings is 1. The molecule has 25 heavy (non-hydrogen) atoms. The zero-order valence-electron chi connectivity index (χ0n) is 14.4. The predicted molar refractivity (Wildman–Crippen MR) is 93.7 cm³/mol. The fraction of sp³-hybridized carbons (Fsp3) is 0.316. The summed E-state index contributed by atoms with van der Waals surface area (Å²) in [6.45, 7) is 1.45. The Labute approximate surface area is 146 Å². The third kappa shape index (κ3) is 5.31. The lowest BCUT2D eigenvalue weighted by molar-refractivity contribution is -0.137. The third-order valence-corrected chi connectivity index (χ3v) is 4.01. The van der Waals surface area contributed by atoms with Crippen molar-refractivity contribution in [2.75, 3.05) is 0 Å². The molecule has 0 saturated carbocycles. The Balaban J connectivity index is 2.13. The van der Waals surface area contributed by atoms with Gasteiger partial charge >= 0.3 is 5.97 Å². The molecular weight excluding hydrogens is 320 g/mol. The molecule has 6 heteroatoms. The normalized spacial score (nSPS) is 11.8. The molecule has 0 fully saturated rings. The molecule has 1 heterocycles. The number of ketones is 1. The average Bonchev–Trinajstić information content (AvgIpc) is 2.96. The fourth-order valence-electron chi connectivity index (χ4n) is 2.66. The molecule has 0 aliphatic rings. The van der Waals surface area contributed by atoms with Crippen LogP contribution in [0, 0.1) is 0 Å². The van der Waals surface area contributed by atoms with Crippen molar-refractivity contribution in [3.8, 4) is 0 Å². The first-order valence-corrected chi connectivity index (χ1v) is 8.10. The number of aliphatic carboxylic acids is 1. The smallest absolute Gasteiger partial charge is 0.303 e. The first kappa shape index (κ1) is 18.4. The topological polar surface area (TPSA) is 88.4 Å². The van der Waals surface area contributed by atoms with Crippen LogP contribution in [-0.2, 0) is 18.3 Å². The SMILES string of the molecule is CC(=O)c1cc(C(=O)NC(CCC(=O)O)Cc2ccccc2)n(C)c1. The predicted octanol–water partition coefficient (Wildman–Crippen LogP) is 2.43. The second kappa shape index (κ2) is 8.28. The average molecular weight is 342 g/mol. The van der Waals surface area contributed by atoms with Crippen molar-refractivity contribution < 1.29 is 19.5 Å². The van der Waals surface area contributed by atoms with E-state index < -0.39 is 5.97 Å². The third-order valence-electron chi connectivity index (χ3n) is 4.01. The summed E-state index contributed by atoms with van der Waals surface area (Å²) in [5, 5.41) is 11.8. The minimum atomic E-state index is -0.898. The quantitative estimate of drug-likeness (QED) is 0.721. The van der Waals surface area contributed by atoms with Gasteiger partial charge in [-0.2, -0.15) is 0 Å². The van der Waals surface area contributed by atoms with Crippen molar-refractivity contribution >= 4 is 17.7 Å². The summed E-state index contributed by atoms with van der Waals surface area (Å²) < 4.78 is 1.60. The standard InChI is InChI=1S/C19H22N2O4/c1-13(22)15-11-17(21(2)12-15)19(25)20-16(8-9-18(23)24)10-14-6-4-3-5-7-14/h3-7,11-12,16H,8-10H2,1-2H3,(H,20,25)(H,23,24). The number of carboxylic acids is 1. The minimum Gasteiger partial charge on any atom is -0.481 e. The summed E-state index contributed by atoms with van der Waals surface area (Å²) in [7, 11) is 1.70. The summed E-state index contributed by atoms with van der Waals surface area (Å²) >= 11 is 0. The summed E-state index contributed by atoms with van der Waals surface area (Å²) in [5.41, 5.74) is 1.87. The summed E-state index contributed by atoms with van der Waals surface area (Å²) in [5.74, 6) is -1.33. The molecule has 2 rings (SSSR count). The number of aromatic nitrogens is 1. The highest BCUT2D eigenvalue weighted by Gasteiger charge is 2.19.